The van der Waals surface area contributed by atoms with E-state index in [1.807, 2.05) is 26.8 Å². The van der Waals surface area contributed by atoms with Gasteiger partial charge in [-0.25, -0.2) is 4.79 Å². The third-order valence-corrected chi connectivity index (χ3v) is 2.98. The molecular weight excluding hydrogens is 312 g/mol. The lowest BCUT2D eigenvalue weighted by Gasteiger charge is -2.12. The van der Waals surface area contributed by atoms with Crippen LogP contribution in [0.1, 0.15) is 29.8 Å². The molecule has 0 saturated heterocycles. The van der Waals surface area contributed by atoms with Gasteiger partial charge in [0.05, 0.1) is 45.7 Å². The van der Waals surface area contributed by atoms with Gasteiger partial charge in [0.1, 0.15) is 12.4 Å². The first kappa shape index (κ1) is 22.4. The fourth-order valence-electron chi connectivity index (χ4n) is 1.78. The van der Waals surface area contributed by atoms with Crippen molar-refractivity contribution in [2.24, 2.45) is 0 Å². The Kier molecular flexibility index (Phi) is 13.9. The van der Waals surface area contributed by atoms with Crippen molar-refractivity contribution in [1.29, 1.82) is 0 Å². The number of benzene rings is 1. The van der Waals surface area contributed by atoms with Crippen molar-refractivity contribution in [3.05, 3.63) is 29.3 Å². The predicted octanol–water partition coefficient (Wildman–Crippen LogP) is 2.87. The average molecular weight is 342 g/mol. The highest BCUT2D eigenvalue weighted by atomic mass is 16.6. The van der Waals surface area contributed by atoms with E-state index in [1.54, 1.807) is 19.2 Å². The van der Waals surface area contributed by atoms with E-state index in [0.717, 1.165) is 5.56 Å². The van der Waals surface area contributed by atoms with Crippen molar-refractivity contribution in [2.75, 3.05) is 53.9 Å². The molecule has 6 nitrogen and oxygen atoms in total. The Morgan fingerprint density at radius 3 is 2.08 bits per heavy atom. The summed E-state index contributed by atoms with van der Waals surface area (Å²) in [5, 5.41) is 0. The summed E-state index contributed by atoms with van der Waals surface area (Å²) in [4.78, 5) is 11.6. The number of methoxy groups -OCH3 is 2. The van der Waals surface area contributed by atoms with Crippen LogP contribution in [-0.4, -0.2) is 59.8 Å². The number of carbonyl (C=O) groups excluding carboxylic acids is 1. The van der Waals surface area contributed by atoms with Crippen LogP contribution >= 0.6 is 0 Å². The molecule has 0 aliphatic carbocycles. The zero-order valence-corrected chi connectivity index (χ0v) is 15.4. The van der Waals surface area contributed by atoms with Crippen LogP contribution in [0.4, 0.5) is 0 Å². The van der Waals surface area contributed by atoms with Crippen LogP contribution < -0.4 is 4.74 Å². The SMILES string of the molecule is CC.COCCOCCOCCOc1cccc(C(=O)OC)c1C. The molecule has 0 bridgehead atoms. The van der Waals surface area contributed by atoms with Crippen molar-refractivity contribution in [3.8, 4) is 5.75 Å². The molecule has 0 saturated carbocycles. The molecule has 0 aliphatic heterocycles. The summed E-state index contributed by atoms with van der Waals surface area (Å²) in [5.41, 5.74) is 1.27. The molecule has 24 heavy (non-hydrogen) atoms. The van der Waals surface area contributed by atoms with Crippen LogP contribution in [0.5, 0.6) is 5.75 Å². The second-order valence-electron chi connectivity index (χ2n) is 4.49. The van der Waals surface area contributed by atoms with Gasteiger partial charge >= 0.3 is 5.97 Å². The molecule has 0 spiro atoms. The van der Waals surface area contributed by atoms with Crippen molar-refractivity contribution < 1.29 is 28.5 Å². The van der Waals surface area contributed by atoms with Gasteiger partial charge in [-0.2, -0.15) is 0 Å². The first-order chi connectivity index (χ1) is 11.7. The Morgan fingerprint density at radius 1 is 0.917 bits per heavy atom. The van der Waals surface area contributed by atoms with Gasteiger partial charge in [0.15, 0.2) is 0 Å². The lowest BCUT2D eigenvalue weighted by atomic mass is 10.1. The number of rotatable bonds is 11. The van der Waals surface area contributed by atoms with Crippen LogP contribution in [0.15, 0.2) is 18.2 Å². The topological polar surface area (TPSA) is 63.2 Å². The van der Waals surface area contributed by atoms with Gasteiger partial charge in [0, 0.05) is 12.7 Å². The summed E-state index contributed by atoms with van der Waals surface area (Å²) in [6.07, 6.45) is 0. The second kappa shape index (κ2) is 14.9. The summed E-state index contributed by atoms with van der Waals surface area (Å²) in [6.45, 7) is 8.87. The lowest BCUT2D eigenvalue weighted by Crippen LogP contribution is -2.13. The number of hydrogen-bond acceptors (Lipinski definition) is 6. The third kappa shape index (κ3) is 8.86. The van der Waals surface area contributed by atoms with Crippen LogP contribution in [-0.2, 0) is 18.9 Å². The first-order valence-corrected chi connectivity index (χ1v) is 8.15. The molecule has 138 valence electrons. The van der Waals surface area contributed by atoms with E-state index >= 15 is 0 Å². The zero-order chi connectivity index (χ0) is 18.2. The maximum Gasteiger partial charge on any atom is 0.338 e. The van der Waals surface area contributed by atoms with Crippen LogP contribution in [0.3, 0.4) is 0 Å². The van der Waals surface area contributed by atoms with Gasteiger partial charge < -0.3 is 23.7 Å². The number of ether oxygens (including phenoxy) is 5. The van der Waals surface area contributed by atoms with E-state index < -0.39 is 0 Å². The third-order valence-electron chi connectivity index (χ3n) is 2.98. The number of carbonyl (C=O) groups is 1. The standard InChI is InChI=1S/C16H24O6.C2H6/c1-13-14(16(17)19-3)5-4-6-15(13)22-12-11-21-10-9-20-8-7-18-2;1-2/h4-6H,7-12H2,1-3H3;1-2H3. The van der Waals surface area contributed by atoms with E-state index in [9.17, 15) is 4.79 Å². The Morgan fingerprint density at radius 2 is 1.50 bits per heavy atom. The van der Waals surface area contributed by atoms with E-state index in [2.05, 4.69) is 0 Å². The van der Waals surface area contributed by atoms with Crippen molar-refractivity contribution in [3.63, 3.8) is 0 Å². The van der Waals surface area contributed by atoms with E-state index in [-0.39, 0.29) is 5.97 Å². The predicted molar refractivity (Wildman–Crippen MR) is 92.9 cm³/mol. The molecule has 0 unspecified atom stereocenters. The Hall–Kier alpha value is -1.63. The minimum absolute atomic E-state index is 0.368. The monoisotopic (exact) mass is 342 g/mol. The van der Waals surface area contributed by atoms with Crippen LogP contribution in [0.2, 0.25) is 0 Å². The summed E-state index contributed by atoms with van der Waals surface area (Å²) in [7, 11) is 2.99. The molecule has 0 radical (unpaired) electrons. The molecule has 0 aliphatic rings. The van der Waals surface area contributed by atoms with Gasteiger partial charge in [0.25, 0.3) is 0 Å². The first-order valence-electron chi connectivity index (χ1n) is 8.15. The molecule has 0 heterocycles. The summed E-state index contributed by atoms with van der Waals surface area (Å²) < 4.78 is 25.9. The molecule has 0 fully saturated rings. The van der Waals surface area contributed by atoms with Gasteiger partial charge in [-0.1, -0.05) is 19.9 Å². The van der Waals surface area contributed by atoms with Gasteiger partial charge in [0.2, 0.25) is 0 Å². The molecule has 0 aromatic heterocycles. The number of hydrogen-bond donors (Lipinski definition) is 0. The molecule has 6 heteroatoms. The van der Waals surface area contributed by atoms with Crippen LogP contribution in [0, 0.1) is 6.92 Å². The molecule has 0 N–H and O–H groups in total. The van der Waals surface area contributed by atoms with Gasteiger partial charge in [-0.15, -0.1) is 0 Å². The largest absolute Gasteiger partial charge is 0.491 e. The highest BCUT2D eigenvalue weighted by Gasteiger charge is 2.12. The smallest absolute Gasteiger partial charge is 0.338 e. The minimum atomic E-state index is -0.368. The highest BCUT2D eigenvalue weighted by molar-refractivity contribution is 5.91. The highest BCUT2D eigenvalue weighted by Crippen LogP contribution is 2.21. The molecule has 0 atom stereocenters. The maximum atomic E-state index is 11.6. The normalized spacial score (nSPS) is 9.88. The van der Waals surface area contributed by atoms with E-state index in [4.69, 9.17) is 23.7 Å². The van der Waals surface area contributed by atoms with E-state index in [0.29, 0.717) is 51.0 Å². The Bertz CT molecular complexity index is 447. The molecule has 0 amide bonds. The Labute approximate surface area is 145 Å². The molecule has 1 rings (SSSR count). The van der Waals surface area contributed by atoms with Crippen molar-refractivity contribution in [2.45, 2.75) is 20.8 Å². The number of esters is 1. The van der Waals surface area contributed by atoms with Crippen molar-refractivity contribution in [1.82, 2.24) is 0 Å². The maximum absolute atomic E-state index is 11.6. The zero-order valence-electron chi connectivity index (χ0n) is 15.4. The summed E-state index contributed by atoms with van der Waals surface area (Å²) >= 11 is 0. The fourth-order valence-corrected chi connectivity index (χ4v) is 1.78. The lowest BCUT2D eigenvalue weighted by molar-refractivity contribution is 0.0179. The van der Waals surface area contributed by atoms with Gasteiger partial charge in [-0.3, -0.25) is 0 Å². The van der Waals surface area contributed by atoms with Gasteiger partial charge in [-0.05, 0) is 19.1 Å². The van der Waals surface area contributed by atoms with Crippen LogP contribution in [0.25, 0.3) is 0 Å². The van der Waals surface area contributed by atoms with Crippen molar-refractivity contribution >= 4 is 5.97 Å². The molecule has 1 aromatic carbocycles. The second-order valence-corrected chi connectivity index (χ2v) is 4.49. The van der Waals surface area contributed by atoms with E-state index in [1.165, 1.54) is 7.11 Å². The summed E-state index contributed by atoms with van der Waals surface area (Å²) in [6, 6.07) is 5.29. The summed E-state index contributed by atoms with van der Waals surface area (Å²) in [5.74, 6) is 0.287. The molecular formula is C18H30O6. The average Bonchev–Trinajstić information content (AvgIpc) is 2.62. The molecule has 1 aromatic rings. The Balaban J connectivity index is 0.00000254. The minimum Gasteiger partial charge on any atom is -0.491 e. The fraction of sp³-hybridized carbons (Fsp3) is 0.611. The quantitative estimate of drug-likeness (QED) is 0.455.